The lowest BCUT2D eigenvalue weighted by molar-refractivity contribution is -0.137. The topological polar surface area (TPSA) is 58.4 Å². The molecule has 0 spiro atoms. The first-order valence-electron chi connectivity index (χ1n) is 8.97. The monoisotopic (exact) mass is 431 g/mol. The van der Waals surface area contributed by atoms with Crippen LogP contribution in [0.1, 0.15) is 15.9 Å². The molecular formula is C22H20F3N3OS. The van der Waals surface area contributed by atoms with Crippen molar-refractivity contribution in [3.8, 4) is 0 Å². The van der Waals surface area contributed by atoms with Gasteiger partial charge in [-0.2, -0.15) is 13.2 Å². The number of carbonyl (C=O) groups excluding carboxylic acids is 1. The predicted octanol–water partition coefficient (Wildman–Crippen LogP) is 5.76. The standard InChI is InChI=1S/C22H20F3N3OS/c1-28(2)17-7-9-18(10-8-17)30-20-11-6-16(13-19(20)26)27-21(29)14-4-3-5-15(12-14)22(23,24)25/h3-13H,26H2,1-2H3,(H,27,29). The third kappa shape index (κ3) is 5.27. The van der Waals surface area contributed by atoms with Gasteiger partial charge in [0.05, 0.1) is 5.56 Å². The van der Waals surface area contributed by atoms with Crippen LogP contribution in [0.3, 0.4) is 0 Å². The number of benzene rings is 3. The molecule has 1 amide bonds. The number of nitrogens with one attached hydrogen (secondary N) is 1. The lowest BCUT2D eigenvalue weighted by atomic mass is 10.1. The van der Waals surface area contributed by atoms with E-state index in [9.17, 15) is 18.0 Å². The quantitative estimate of drug-likeness (QED) is 0.505. The molecule has 0 aliphatic heterocycles. The Kier molecular flexibility index (Phi) is 6.26. The Bertz CT molecular complexity index is 1050. The Hall–Kier alpha value is -3.13. The smallest absolute Gasteiger partial charge is 0.398 e. The summed E-state index contributed by atoms with van der Waals surface area (Å²) in [5.41, 5.74) is 7.10. The van der Waals surface area contributed by atoms with E-state index < -0.39 is 17.6 Å². The summed E-state index contributed by atoms with van der Waals surface area (Å²) in [7, 11) is 3.93. The Morgan fingerprint density at radius 2 is 1.70 bits per heavy atom. The van der Waals surface area contributed by atoms with E-state index >= 15 is 0 Å². The van der Waals surface area contributed by atoms with Crippen molar-refractivity contribution in [1.29, 1.82) is 0 Å². The second-order valence-electron chi connectivity index (χ2n) is 6.78. The van der Waals surface area contributed by atoms with Crippen LogP contribution in [-0.2, 0) is 6.18 Å². The fourth-order valence-electron chi connectivity index (χ4n) is 2.70. The van der Waals surface area contributed by atoms with Crippen LogP contribution in [0, 0.1) is 0 Å². The van der Waals surface area contributed by atoms with Crippen molar-refractivity contribution in [2.45, 2.75) is 16.0 Å². The highest BCUT2D eigenvalue weighted by Gasteiger charge is 2.30. The van der Waals surface area contributed by atoms with E-state index in [1.807, 2.05) is 43.3 Å². The molecule has 0 atom stereocenters. The van der Waals surface area contributed by atoms with Crippen molar-refractivity contribution >= 4 is 34.7 Å². The summed E-state index contributed by atoms with van der Waals surface area (Å²) < 4.78 is 38.5. The van der Waals surface area contributed by atoms with Crippen LogP contribution in [-0.4, -0.2) is 20.0 Å². The van der Waals surface area contributed by atoms with Gasteiger partial charge in [0.25, 0.3) is 5.91 Å². The maximum Gasteiger partial charge on any atom is 0.416 e. The fraction of sp³-hybridized carbons (Fsp3) is 0.136. The molecule has 0 saturated carbocycles. The molecule has 4 nitrogen and oxygen atoms in total. The molecule has 30 heavy (non-hydrogen) atoms. The first-order chi connectivity index (χ1) is 14.1. The summed E-state index contributed by atoms with van der Waals surface area (Å²) in [5.74, 6) is -0.639. The SMILES string of the molecule is CN(C)c1ccc(Sc2ccc(NC(=O)c3cccc(C(F)(F)F)c3)cc2N)cc1. The molecule has 0 aliphatic rings. The van der Waals surface area contributed by atoms with Gasteiger partial charge in [-0.05, 0) is 60.7 Å². The normalized spacial score (nSPS) is 11.2. The van der Waals surface area contributed by atoms with E-state index in [0.29, 0.717) is 11.4 Å². The van der Waals surface area contributed by atoms with Gasteiger partial charge in [0.2, 0.25) is 0 Å². The molecule has 0 unspecified atom stereocenters. The Morgan fingerprint density at radius 3 is 2.30 bits per heavy atom. The molecule has 8 heteroatoms. The van der Waals surface area contributed by atoms with E-state index in [0.717, 1.165) is 27.6 Å². The van der Waals surface area contributed by atoms with Crippen LogP contribution < -0.4 is 16.0 Å². The molecule has 0 aromatic heterocycles. The van der Waals surface area contributed by atoms with Gasteiger partial charge in [-0.15, -0.1) is 0 Å². The highest BCUT2D eigenvalue weighted by atomic mass is 32.2. The molecule has 0 radical (unpaired) electrons. The average molecular weight is 431 g/mol. The van der Waals surface area contributed by atoms with Gasteiger partial charge in [-0.25, -0.2) is 0 Å². The molecule has 0 heterocycles. The molecule has 3 rings (SSSR count). The van der Waals surface area contributed by atoms with Gasteiger partial charge in [-0.3, -0.25) is 4.79 Å². The molecule has 3 N–H and O–H groups in total. The van der Waals surface area contributed by atoms with Crippen molar-refractivity contribution in [1.82, 2.24) is 0 Å². The Morgan fingerprint density at radius 1 is 1.00 bits per heavy atom. The van der Waals surface area contributed by atoms with Gasteiger partial charge >= 0.3 is 6.18 Å². The number of nitrogens with zero attached hydrogens (tertiary/aromatic N) is 1. The van der Waals surface area contributed by atoms with E-state index in [1.165, 1.54) is 23.9 Å². The molecule has 0 aliphatic carbocycles. The van der Waals surface area contributed by atoms with Crippen LogP contribution in [0.5, 0.6) is 0 Å². The second kappa shape index (κ2) is 8.71. The molecule has 0 saturated heterocycles. The van der Waals surface area contributed by atoms with Crippen LogP contribution in [0.4, 0.5) is 30.2 Å². The molecule has 156 valence electrons. The van der Waals surface area contributed by atoms with E-state index in [-0.39, 0.29) is 5.56 Å². The van der Waals surface area contributed by atoms with E-state index in [2.05, 4.69) is 5.32 Å². The van der Waals surface area contributed by atoms with Gasteiger partial charge < -0.3 is 16.0 Å². The zero-order chi connectivity index (χ0) is 21.9. The zero-order valence-corrected chi connectivity index (χ0v) is 17.1. The van der Waals surface area contributed by atoms with Crippen LogP contribution in [0.25, 0.3) is 0 Å². The highest BCUT2D eigenvalue weighted by molar-refractivity contribution is 7.99. The summed E-state index contributed by atoms with van der Waals surface area (Å²) in [5, 5.41) is 2.59. The Balaban J connectivity index is 1.71. The van der Waals surface area contributed by atoms with Crippen molar-refractivity contribution in [2.75, 3.05) is 30.0 Å². The minimum absolute atomic E-state index is 0.0807. The van der Waals surface area contributed by atoms with Crippen molar-refractivity contribution in [2.24, 2.45) is 0 Å². The third-order valence-corrected chi connectivity index (χ3v) is 5.40. The Labute approximate surface area is 176 Å². The van der Waals surface area contributed by atoms with Gasteiger partial charge in [0.15, 0.2) is 0 Å². The average Bonchev–Trinajstić information content (AvgIpc) is 2.70. The number of carbonyl (C=O) groups is 1. The van der Waals surface area contributed by atoms with Crippen LogP contribution in [0.2, 0.25) is 0 Å². The lowest BCUT2D eigenvalue weighted by Gasteiger charge is -2.13. The largest absolute Gasteiger partial charge is 0.416 e. The molecular weight excluding hydrogens is 411 g/mol. The molecule has 3 aromatic rings. The number of anilines is 3. The first-order valence-corrected chi connectivity index (χ1v) is 9.78. The summed E-state index contributed by atoms with van der Waals surface area (Å²) >= 11 is 1.48. The number of nitrogens with two attached hydrogens (primary N) is 1. The van der Waals surface area contributed by atoms with Crippen LogP contribution in [0.15, 0.2) is 76.5 Å². The number of amides is 1. The van der Waals surface area contributed by atoms with Crippen LogP contribution >= 0.6 is 11.8 Å². The van der Waals surface area contributed by atoms with Crippen molar-refractivity contribution in [3.05, 3.63) is 77.9 Å². The molecule has 0 bridgehead atoms. The maximum atomic E-state index is 12.8. The lowest BCUT2D eigenvalue weighted by Crippen LogP contribution is -2.14. The van der Waals surface area contributed by atoms with Crippen molar-refractivity contribution < 1.29 is 18.0 Å². The maximum absolute atomic E-state index is 12.8. The number of hydrogen-bond donors (Lipinski definition) is 2. The molecule has 3 aromatic carbocycles. The molecule has 0 fully saturated rings. The van der Waals surface area contributed by atoms with Crippen molar-refractivity contribution in [3.63, 3.8) is 0 Å². The fourth-order valence-corrected chi connectivity index (χ4v) is 3.54. The summed E-state index contributed by atoms with van der Waals surface area (Å²) in [4.78, 5) is 16.2. The first kappa shape index (κ1) is 21.6. The third-order valence-electron chi connectivity index (χ3n) is 4.30. The van der Waals surface area contributed by atoms with Gasteiger partial charge in [0, 0.05) is 46.5 Å². The number of rotatable bonds is 5. The number of nitrogen functional groups attached to an aromatic ring is 1. The van der Waals surface area contributed by atoms with E-state index in [1.54, 1.807) is 18.2 Å². The van der Waals surface area contributed by atoms with Gasteiger partial charge in [0.1, 0.15) is 0 Å². The second-order valence-corrected chi connectivity index (χ2v) is 7.89. The summed E-state index contributed by atoms with van der Waals surface area (Å²) in [6.45, 7) is 0. The predicted molar refractivity (Wildman–Crippen MR) is 115 cm³/mol. The summed E-state index contributed by atoms with van der Waals surface area (Å²) in [6.07, 6.45) is -4.51. The minimum Gasteiger partial charge on any atom is -0.398 e. The summed E-state index contributed by atoms with van der Waals surface area (Å²) in [6, 6.07) is 17.3. The van der Waals surface area contributed by atoms with E-state index in [4.69, 9.17) is 5.73 Å². The minimum atomic E-state index is -4.51. The number of halogens is 3. The highest BCUT2D eigenvalue weighted by Crippen LogP contribution is 2.34. The number of alkyl halides is 3. The zero-order valence-electron chi connectivity index (χ0n) is 16.3. The van der Waals surface area contributed by atoms with Gasteiger partial charge in [-0.1, -0.05) is 17.8 Å². The number of hydrogen-bond acceptors (Lipinski definition) is 4.